The fraction of sp³-hybridized carbons (Fsp3) is 0.100. The van der Waals surface area contributed by atoms with E-state index in [9.17, 15) is 0 Å². The van der Waals surface area contributed by atoms with Crippen molar-refractivity contribution in [1.82, 2.24) is 14.5 Å². The van der Waals surface area contributed by atoms with Gasteiger partial charge in [0.2, 0.25) is 0 Å². The number of nitrogens with zero attached hydrogens (tertiary/aromatic N) is 3. The second-order valence-corrected chi connectivity index (χ2v) is 6.42. The van der Waals surface area contributed by atoms with Gasteiger partial charge in [-0.1, -0.05) is 11.6 Å². The van der Waals surface area contributed by atoms with Gasteiger partial charge >= 0.3 is 0 Å². The number of anilines is 2. The van der Waals surface area contributed by atoms with Crippen LogP contribution >= 0.6 is 11.6 Å². The van der Waals surface area contributed by atoms with Gasteiger partial charge in [0.05, 0.1) is 30.3 Å². The van der Waals surface area contributed by atoms with Crippen molar-refractivity contribution in [2.24, 2.45) is 0 Å². The minimum absolute atomic E-state index is 0.675. The van der Waals surface area contributed by atoms with Crippen LogP contribution in [0.2, 0.25) is 5.02 Å². The van der Waals surface area contributed by atoms with Crippen molar-refractivity contribution in [3.63, 3.8) is 0 Å². The first-order chi connectivity index (χ1) is 12.6. The molecule has 2 heterocycles. The predicted octanol–water partition coefficient (Wildman–Crippen LogP) is 5.13. The largest absolute Gasteiger partial charge is 0.497 e. The first-order valence-corrected chi connectivity index (χ1v) is 8.51. The topological polar surface area (TPSA) is 52.0 Å². The van der Waals surface area contributed by atoms with Gasteiger partial charge in [0.15, 0.2) is 0 Å². The van der Waals surface area contributed by atoms with Crippen molar-refractivity contribution < 1.29 is 4.74 Å². The average molecular weight is 365 g/mol. The van der Waals surface area contributed by atoms with Gasteiger partial charge in [-0.05, 0) is 37.3 Å². The van der Waals surface area contributed by atoms with E-state index in [2.05, 4.69) is 15.3 Å². The Labute approximate surface area is 156 Å². The van der Waals surface area contributed by atoms with Crippen molar-refractivity contribution in [3.05, 3.63) is 71.9 Å². The van der Waals surface area contributed by atoms with Crippen LogP contribution in [0, 0.1) is 6.92 Å². The molecule has 5 nitrogen and oxygen atoms in total. The first-order valence-electron chi connectivity index (χ1n) is 8.14. The summed E-state index contributed by atoms with van der Waals surface area (Å²) in [5.74, 6) is 0.757. The molecule has 130 valence electrons. The molecule has 0 radical (unpaired) electrons. The lowest BCUT2D eigenvalue weighted by Crippen LogP contribution is -1.97. The zero-order valence-electron chi connectivity index (χ0n) is 14.4. The zero-order valence-corrected chi connectivity index (χ0v) is 15.2. The quantitative estimate of drug-likeness (QED) is 0.545. The van der Waals surface area contributed by atoms with Crippen LogP contribution in [0.15, 0.2) is 61.2 Å². The molecule has 4 aromatic rings. The summed E-state index contributed by atoms with van der Waals surface area (Å²) in [4.78, 5) is 8.68. The van der Waals surface area contributed by atoms with E-state index in [1.54, 1.807) is 19.6 Å². The van der Waals surface area contributed by atoms with E-state index in [4.69, 9.17) is 16.3 Å². The van der Waals surface area contributed by atoms with E-state index >= 15 is 0 Å². The Morgan fingerprint density at radius 1 is 1.08 bits per heavy atom. The molecule has 1 N–H and O–H groups in total. The number of hydrogen-bond donors (Lipinski definition) is 1. The Bertz CT molecular complexity index is 1090. The molecular formula is C20H17ClN4O. The van der Waals surface area contributed by atoms with E-state index in [0.717, 1.165) is 39.4 Å². The summed E-state index contributed by atoms with van der Waals surface area (Å²) in [6.07, 6.45) is 5.54. The molecule has 2 aromatic heterocycles. The van der Waals surface area contributed by atoms with Crippen LogP contribution < -0.4 is 10.1 Å². The number of halogens is 1. The van der Waals surface area contributed by atoms with Gasteiger partial charge in [-0.25, -0.2) is 4.98 Å². The van der Waals surface area contributed by atoms with Crippen molar-refractivity contribution in [2.45, 2.75) is 6.92 Å². The maximum atomic E-state index is 6.16. The smallest absolute Gasteiger partial charge is 0.123 e. The number of rotatable bonds is 4. The summed E-state index contributed by atoms with van der Waals surface area (Å²) < 4.78 is 7.42. The summed E-state index contributed by atoms with van der Waals surface area (Å²) >= 11 is 6.16. The zero-order chi connectivity index (χ0) is 18.1. The van der Waals surface area contributed by atoms with Crippen LogP contribution in [0.5, 0.6) is 5.75 Å². The Kier molecular flexibility index (Phi) is 4.22. The molecule has 4 rings (SSSR count). The molecule has 0 aliphatic heterocycles. The minimum atomic E-state index is 0.675. The fourth-order valence-corrected chi connectivity index (χ4v) is 3.04. The van der Waals surface area contributed by atoms with Gasteiger partial charge in [0.25, 0.3) is 0 Å². The number of nitrogens with one attached hydrogen (secondary N) is 1. The molecule has 2 aromatic carbocycles. The van der Waals surface area contributed by atoms with Gasteiger partial charge in [-0.3, -0.25) is 4.98 Å². The Morgan fingerprint density at radius 3 is 2.73 bits per heavy atom. The second kappa shape index (κ2) is 6.69. The van der Waals surface area contributed by atoms with E-state index < -0.39 is 0 Å². The van der Waals surface area contributed by atoms with Crippen LogP contribution in [-0.2, 0) is 0 Å². The number of aromatic nitrogens is 3. The van der Waals surface area contributed by atoms with E-state index in [0.29, 0.717) is 5.02 Å². The molecule has 0 fully saturated rings. The second-order valence-electron chi connectivity index (χ2n) is 5.99. The van der Waals surface area contributed by atoms with Crippen LogP contribution in [0.1, 0.15) is 5.69 Å². The third-order valence-corrected chi connectivity index (χ3v) is 4.35. The Morgan fingerprint density at radius 2 is 1.96 bits per heavy atom. The van der Waals surface area contributed by atoms with Crippen molar-refractivity contribution in [3.8, 4) is 11.4 Å². The first kappa shape index (κ1) is 16.4. The number of hydrogen-bond acceptors (Lipinski definition) is 4. The van der Waals surface area contributed by atoms with E-state index in [1.807, 2.05) is 60.2 Å². The van der Waals surface area contributed by atoms with Gasteiger partial charge in [-0.2, -0.15) is 0 Å². The molecule has 0 atom stereocenters. The highest BCUT2D eigenvalue weighted by Crippen LogP contribution is 2.30. The normalized spacial score (nSPS) is 10.9. The highest BCUT2D eigenvalue weighted by atomic mass is 35.5. The monoisotopic (exact) mass is 364 g/mol. The van der Waals surface area contributed by atoms with Crippen molar-refractivity contribution in [1.29, 1.82) is 0 Å². The van der Waals surface area contributed by atoms with Gasteiger partial charge in [-0.15, -0.1) is 0 Å². The lowest BCUT2D eigenvalue weighted by Gasteiger charge is -2.13. The highest BCUT2D eigenvalue weighted by molar-refractivity contribution is 6.31. The summed E-state index contributed by atoms with van der Waals surface area (Å²) in [7, 11) is 1.66. The molecule has 0 bridgehead atoms. The van der Waals surface area contributed by atoms with Crippen LogP contribution in [-0.4, -0.2) is 21.6 Å². The SMILES string of the molecule is COc1cc(Nc2ccnc3ccc(Cl)cc23)cc(-n2cnc(C)c2)c1. The van der Waals surface area contributed by atoms with E-state index in [1.165, 1.54) is 0 Å². The number of methoxy groups -OCH3 is 1. The third kappa shape index (κ3) is 3.21. The molecule has 0 amide bonds. The molecular weight excluding hydrogens is 348 g/mol. The summed E-state index contributed by atoms with van der Waals surface area (Å²) in [6.45, 7) is 1.96. The highest BCUT2D eigenvalue weighted by Gasteiger charge is 2.07. The summed E-state index contributed by atoms with van der Waals surface area (Å²) in [5, 5.41) is 5.09. The third-order valence-electron chi connectivity index (χ3n) is 4.12. The predicted molar refractivity (Wildman–Crippen MR) is 105 cm³/mol. The summed E-state index contributed by atoms with van der Waals surface area (Å²) in [6, 6.07) is 13.5. The van der Waals surface area contributed by atoms with Gasteiger partial charge < -0.3 is 14.6 Å². The number of ether oxygens (including phenoxy) is 1. The summed E-state index contributed by atoms with van der Waals surface area (Å²) in [5.41, 5.74) is 4.63. The van der Waals surface area contributed by atoms with E-state index in [-0.39, 0.29) is 0 Å². The van der Waals surface area contributed by atoms with Gasteiger partial charge in [0.1, 0.15) is 5.75 Å². The number of benzene rings is 2. The van der Waals surface area contributed by atoms with Crippen LogP contribution in [0.3, 0.4) is 0 Å². The molecule has 0 aliphatic carbocycles. The van der Waals surface area contributed by atoms with Crippen molar-refractivity contribution in [2.75, 3.05) is 12.4 Å². The molecule has 0 aliphatic rings. The maximum Gasteiger partial charge on any atom is 0.123 e. The molecule has 6 heteroatoms. The number of pyridine rings is 1. The van der Waals surface area contributed by atoms with Crippen LogP contribution in [0.25, 0.3) is 16.6 Å². The molecule has 0 spiro atoms. The molecule has 0 saturated carbocycles. The fourth-order valence-electron chi connectivity index (χ4n) is 2.87. The van der Waals surface area contributed by atoms with Gasteiger partial charge in [0, 0.05) is 46.3 Å². The van der Waals surface area contributed by atoms with Crippen LogP contribution in [0.4, 0.5) is 11.4 Å². The Balaban J connectivity index is 1.78. The van der Waals surface area contributed by atoms with Crippen molar-refractivity contribution >= 4 is 33.9 Å². The molecule has 0 saturated heterocycles. The Hall–Kier alpha value is -3.05. The lowest BCUT2D eigenvalue weighted by molar-refractivity contribution is 0.415. The number of fused-ring (bicyclic) bond motifs is 1. The maximum absolute atomic E-state index is 6.16. The number of aryl methyl sites for hydroxylation is 1. The molecule has 0 unspecified atom stereocenters. The standard InChI is InChI=1S/C20H17ClN4O/c1-13-11-25(12-23-13)16-8-15(9-17(10-16)26-2)24-20-5-6-22-19-4-3-14(21)7-18(19)20/h3-12H,1-2H3,(H,22,24). The average Bonchev–Trinajstić information content (AvgIpc) is 3.08. The lowest BCUT2D eigenvalue weighted by atomic mass is 10.1. The minimum Gasteiger partial charge on any atom is -0.497 e. The molecule has 26 heavy (non-hydrogen) atoms. The number of imidazole rings is 1.